The quantitative estimate of drug-likeness (QED) is 0.707. The Morgan fingerprint density at radius 1 is 1.43 bits per heavy atom. The van der Waals surface area contributed by atoms with Gasteiger partial charge in [-0.25, -0.2) is 4.79 Å². The SMILES string of the molecule is CCC(C)(NC(=O)C(C)NC(=O)c1ccc(Br)s1)C(=O)O. The number of carbonyl (C=O) groups excluding carboxylic acids is 2. The molecule has 8 heteroatoms. The molecule has 0 radical (unpaired) electrons. The topological polar surface area (TPSA) is 95.5 Å². The monoisotopic (exact) mass is 376 g/mol. The zero-order valence-corrected chi connectivity index (χ0v) is 14.3. The minimum absolute atomic E-state index is 0.243. The Kier molecular flexibility index (Phi) is 5.91. The van der Waals surface area contributed by atoms with E-state index >= 15 is 0 Å². The van der Waals surface area contributed by atoms with Gasteiger partial charge in [0.1, 0.15) is 11.6 Å². The molecule has 1 heterocycles. The van der Waals surface area contributed by atoms with Crippen molar-refractivity contribution in [1.82, 2.24) is 10.6 Å². The zero-order valence-electron chi connectivity index (χ0n) is 11.9. The number of amides is 2. The third kappa shape index (κ3) is 4.53. The number of nitrogens with one attached hydrogen (secondary N) is 2. The van der Waals surface area contributed by atoms with E-state index in [0.29, 0.717) is 4.88 Å². The van der Waals surface area contributed by atoms with E-state index in [9.17, 15) is 14.4 Å². The molecule has 2 unspecified atom stereocenters. The van der Waals surface area contributed by atoms with Crippen LogP contribution in [0.3, 0.4) is 0 Å². The third-order valence-electron chi connectivity index (χ3n) is 3.12. The molecule has 0 aromatic carbocycles. The second kappa shape index (κ2) is 7.04. The second-order valence-electron chi connectivity index (χ2n) is 4.78. The lowest BCUT2D eigenvalue weighted by Gasteiger charge is -2.26. The van der Waals surface area contributed by atoms with E-state index in [1.165, 1.54) is 25.2 Å². The largest absolute Gasteiger partial charge is 0.480 e. The number of carbonyl (C=O) groups is 3. The van der Waals surface area contributed by atoms with Gasteiger partial charge in [0.15, 0.2) is 0 Å². The fourth-order valence-corrected chi connectivity index (χ4v) is 2.73. The lowest BCUT2D eigenvalue weighted by atomic mass is 9.99. The van der Waals surface area contributed by atoms with Crippen LogP contribution < -0.4 is 10.6 Å². The summed E-state index contributed by atoms with van der Waals surface area (Å²) in [4.78, 5) is 35.5. The Hall–Kier alpha value is -1.41. The number of hydrogen-bond donors (Lipinski definition) is 3. The van der Waals surface area contributed by atoms with E-state index in [4.69, 9.17) is 5.11 Å². The highest BCUT2D eigenvalue weighted by Gasteiger charge is 2.34. The van der Waals surface area contributed by atoms with Crippen molar-refractivity contribution in [3.63, 3.8) is 0 Å². The van der Waals surface area contributed by atoms with Crippen LogP contribution in [0.5, 0.6) is 0 Å². The highest BCUT2D eigenvalue weighted by molar-refractivity contribution is 9.11. The molecule has 0 fully saturated rings. The van der Waals surface area contributed by atoms with E-state index in [1.54, 1.807) is 19.1 Å². The molecule has 0 saturated heterocycles. The maximum Gasteiger partial charge on any atom is 0.329 e. The van der Waals surface area contributed by atoms with Crippen LogP contribution in [-0.2, 0) is 9.59 Å². The molecule has 3 N–H and O–H groups in total. The van der Waals surface area contributed by atoms with E-state index in [-0.39, 0.29) is 12.3 Å². The number of halogens is 1. The molecule has 0 bridgehead atoms. The second-order valence-corrected chi connectivity index (χ2v) is 7.24. The van der Waals surface area contributed by atoms with Crippen molar-refractivity contribution < 1.29 is 19.5 Å². The Bertz CT molecular complexity index is 560. The Morgan fingerprint density at radius 3 is 2.48 bits per heavy atom. The van der Waals surface area contributed by atoms with Gasteiger partial charge in [-0.1, -0.05) is 6.92 Å². The van der Waals surface area contributed by atoms with Crippen molar-refractivity contribution in [2.75, 3.05) is 0 Å². The van der Waals surface area contributed by atoms with Crippen LogP contribution in [0, 0.1) is 0 Å². The standard InChI is InChI=1S/C13H17BrN2O4S/c1-4-13(3,12(19)20)16-10(17)7(2)15-11(18)8-5-6-9(14)21-8/h5-7H,4H2,1-3H3,(H,15,18)(H,16,17)(H,19,20). The number of thiophene rings is 1. The van der Waals surface area contributed by atoms with Gasteiger partial charge in [-0.3, -0.25) is 9.59 Å². The Balaban J connectivity index is 2.67. The van der Waals surface area contributed by atoms with Gasteiger partial charge in [0.2, 0.25) is 5.91 Å². The molecule has 0 saturated carbocycles. The highest BCUT2D eigenvalue weighted by atomic mass is 79.9. The number of rotatable bonds is 6. The fraction of sp³-hybridized carbons (Fsp3) is 0.462. The van der Waals surface area contributed by atoms with Crippen molar-refractivity contribution in [3.8, 4) is 0 Å². The molecule has 6 nitrogen and oxygen atoms in total. The molecule has 1 rings (SSSR count). The Morgan fingerprint density at radius 2 is 2.05 bits per heavy atom. The van der Waals surface area contributed by atoms with Crippen LogP contribution in [0.1, 0.15) is 36.9 Å². The van der Waals surface area contributed by atoms with Crippen LogP contribution >= 0.6 is 27.3 Å². The molecular formula is C13H17BrN2O4S. The lowest BCUT2D eigenvalue weighted by molar-refractivity contribution is -0.147. The van der Waals surface area contributed by atoms with Crippen LogP contribution in [0.4, 0.5) is 0 Å². The molecule has 0 spiro atoms. The van der Waals surface area contributed by atoms with Crippen molar-refractivity contribution in [1.29, 1.82) is 0 Å². The smallest absolute Gasteiger partial charge is 0.329 e. The van der Waals surface area contributed by atoms with Crippen LogP contribution in [0.15, 0.2) is 15.9 Å². The van der Waals surface area contributed by atoms with Crippen LogP contribution in [0.25, 0.3) is 0 Å². The maximum atomic E-state index is 12.0. The summed E-state index contributed by atoms with van der Waals surface area (Å²) >= 11 is 4.51. The lowest BCUT2D eigenvalue weighted by Crippen LogP contribution is -2.56. The fourth-order valence-electron chi connectivity index (χ4n) is 1.44. The summed E-state index contributed by atoms with van der Waals surface area (Å²) in [6, 6.07) is 2.55. The predicted octanol–water partition coefficient (Wildman–Crippen LogP) is 2.00. The molecule has 0 aliphatic carbocycles. The van der Waals surface area contributed by atoms with Crippen LogP contribution in [-0.4, -0.2) is 34.5 Å². The molecule has 0 aliphatic rings. The average molecular weight is 377 g/mol. The summed E-state index contributed by atoms with van der Waals surface area (Å²) in [5, 5.41) is 14.1. The van der Waals surface area contributed by atoms with Crippen LogP contribution in [0.2, 0.25) is 0 Å². The van der Waals surface area contributed by atoms with Crippen molar-refractivity contribution in [3.05, 3.63) is 20.8 Å². The first kappa shape index (κ1) is 17.6. The first-order valence-corrected chi connectivity index (χ1v) is 7.92. The minimum atomic E-state index is -1.35. The minimum Gasteiger partial charge on any atom is -0.480 e. The van der Waals surface area contributed by atoms with E-state index in [0.717, 1.165) is 3.79 Å². The highest BCUT2D eigenvalue weighted by Crippen LogP contribution is 2.21. The van der Waals surface area contributed by atoms with Gasteiger partial charge in [0.25, 0.3) is 5.91 Å². The van der Waals surface area contributed by atoms with Gasteiger partial charge in [0, 0.05) is 0 Å². The van der Waals surface area contributed by atoms with Crippen molar-refractivity contribution in [2.24, 2.45) is 0 Å². The van der Waals surface area contributed by atoms with Gasteiger partial charge in [-0.05, 0) is 48.3 Å². The van der Waals surface area contributed by atoms with Gasteiger partial charge in [0.05, 0.1) is 8.66 Å². The molecule has 1 aromatic heterocycles. The summed E-state index contributed by atoms with van der Waals surface area (Å²) in [6.07, 6.45) is 0.243. The first-order valence-electron chi connectivity index (χ1n) is 6.31. The van der Waals surface area contributed by atoms with Gasteiger partial charge in [-0.2, -0.15) is 0 Å². The normalized spacial score (nSPS) is 14.9. The van der Waals surface area contributed by atoms with E-state index in [2.05, 4.69) is 26.6 Å². The maximum absolute atomic E-state index is 12.0. The summed E-state index contributed by atoms with van der Waals surface area (Å²) in [7, 11) is 0. The van der Waals surface area contributed by atoms with E-state index in [1.807, 2.05) is 0 Å². The number of hydrogen-bond acceptors (Lipinski definition) is 4. The van der Waals surface area contributed by atoms with Gasteiger partial charge < -0.3 is 15.7 Å². The molecule has 0 aliphatic heterocycles. The molecule has 2 amide bonds. The molecule has 1 aromatic rings. The van der Waals surface area contributed by atoms with Gasteiger partial charge >= 0.3 is 5.97 Å². The molecule has 116 valence electrons. The summed E-state index contributed by atoms with van der Waals surface area (Å²) in [5.41, 5.74) is -1.35. The summed E-state index contributed by atoms with van der Waals surface area (Å²) in [5.74, 6) is -2.02. The molecule has 2 atom stereocenters. The summed E-state index contributed by atoms with van der Waals surface area (Å²) in [6.45, 7) is 4.60. The number of aliphatic carboxylic acids is 1. The molecule has 21 heavy (non-hydrogen) atoms. The number of carboxylic acids is 1. The first-order chi connectivity index (χ1) is 9.69. The van der Waals surface area contributed by atoms with Crippen molar-refractivity contribution >= 4 is 45.1 Å². The predicted molar refractivity (Wildman–Crippen MR) is 83.4 cm³/mol. The number of carboxylic acid groups (broad SMARTS) is 1. The molecular weight excluding hydrogens is 360 g/mol. The Labute approximate surface area is 135 Å². The van der Waals surface area contributed by atoms with Crippen molar-refractivity contribution in [2.45, 2.75) is 38.8 Å². The summed E-state index contributed by atoms with van der Waals surface area (Å²) < 4.78 is 0.814. The third-order valence-corrected chi connectivity index (χ3v) is 4.74. The average Bonchev–Trinajstić information content (AvgIpc) is 2.84. The van der Waals surface area contributed by atoms with Gasteiger partial charge in [-0.15, -0.1) is 11.3 Å². The zero-order chi connectivity index (χ0) is 16.2. The van der Waals surface area contributed by atoms with E-state index < -0.39 is 23.5 Å².